The molecule has 5 nitrogen and oxygen atoms in total. The van der Waals surface area contributed by atoms with E-state index in [1.54, 1.807) is 24.3 Å². The summed E-state index contributed by atoms with van der Waals surface area (Å²) in [6, 6.07) is 7.03. The summed E-state index contributed by atoms with van der Waals surface area (Å²) in [6.45, 7) is 4.95. The van der Waals surface area contributed by atoms with Crippen LogP contribution in [0.25, 0.3) is 0 Å². The molecule has 2 atom stereocenters. The van der Waals surface area contributed by atoms with E-state index in [1.165, 1.54) is 0 Å². The largest absolute Gasteiger partial charge is 0.481 e. The number of carbonyl (C=O) groups excluding carboxylic acids is 1. The van der Waals surface area contributed by atoms with Crippen LogP contribution in [0.2, 0.25) is 0 Å². The molecule has 1 aliphatic rings. The Bertz CT molecular complexity index is 518. The smallest absolute Gasteiger partial charge is 0.322 e. The number of rotatable bonds is 3. The van der Waals surface area contributed by atoms with Crippen LogP contribution in [0.4, 0.5) is 10.5 Å². The molecule has 0 aromatic heterocycles. The molecule has 0 aliphatic carbocycles. The van der Waals surface area contributed by atoms with Gasteiger partial charge >= 0.3 is 12.0 Å². The van der Waals surface area contributed by atoms with Crippen LogP contribution in [0, 0.1) is 0 Å². The lowest BCUT2D eigenvalue weighted by Crippen LogP contribution is -2.49. The Hall–Kier alpha value is -1.69. The molecule has 1 fully saturated rings. The molecule has 0 bridgehead atoms. The van der Waals surface area contributed by atoms with Gasteiger partial charge in [-0.1, -0.05) is 19.1 Å². The standard InChI is InChI=1S/C15H20N2O3S/c1-10-11(2)21-8-7-17(10)15(20)16-13-5-3-12(4-6-13)9-14(18)19/h3-6,10-11H,7-9H2,1-2H3,(H,16,20)(H,18,19). The second-order valence-electron chi connectivity index (χ2n) is 5.21. The molecular formula is C15H20N2O3S. The third kappa shape index (κ3) is 4.14. The summed E-state index contributed by atoms with van der Waals surface area (Å²) >= 11 is 1.88. The first kappa shape index (κ1) is 15.7. The molecule has 1 aliphatic heterocycles. The van der Waals surface area contributed by atoms with Crippen LogP contribution in [0.1, 0.15) is 19.4 Å². The van der Waals surface area contributed by atoms with Crippen LogP contribution in [-0.4, -0.2) is 45.6 Å². The average molecular weight is 308 g/mol. The summed E-state index contributed by atoms with van der Waals surface area (Å²) in [5.41, 5.74) is 1.41. The van der Waals surface area contributed by atoms with Gasteiger partial charge in [0.25, 0.3) is 0 Å². The Morgan fingerprint density at radius 1 is 1.33 bits per heavy atom. The molecule has 6 heteroatoms. The normalized spacial score (nSPS) is 21.9. The van der Waals surface area contributed by atoms with Crippen LogP contribution in [0.15, 0.2) is 24.3 Å². The van der Waals surface area contributed by atoms with E-state index in [2.05, 4.69) is 19.2 Å². The van der Waals surface area contributed by atoms with Crippen molar-refractivity contribution in [2.75, 3.05) is 17.6 Å². The lowest BCUT2D eigenvalue weighted by molar-refractivity contribution is -0.136. The average Bonchev–Trinajstić information content (AvgIpc) is 2.43. The Labute approximate surface area is 128 Å². The number of benzene rings is 1. The first-order chi connectivity index (χ1) is 9.97. The van der Waals surface area contributed by atoms with E-state index in [0.29, 0.717) is 10.9 Å². The van der Waals surface area contributed by atoms with E-state index in [-0.39, 0.29) is 18.5 Å². The van der Waals surface area contributed by atoms with Crippen molar-refractivity contribution in [3.05, 3.63) is 29.8 Å². The molecule has 0 spiro atoms. The molecule has 0 radical (unpaired) electrons. The van der Waals surface area contributed by atoms with Crippen molar-refractivity contribution in [1.82, 2.24) is 4.90 Å². The Balaban J connectivity index is 1.97. The van der Waals surface area contributed by atoms with Crippen LogP contribution in [-0.2, 0) is 11.2 Å². The first-order valence-corrected chi connectivity index (χ1v) is 8.02. The highest BCUT2D eigenvalue weighted by Gasteiger charge is 2.28. The highest BCUT2D eigenvalue weighted by molar-refractivity contribution is 8.00. The Morgan fingerprint density at radius 2 is 2.00 bits per heavy atom. The Kier molecular flexibility index (Phi) is 5.12. The topological polar surface area (TPSA) is 69.6 Å². The minimum atomic E-state index is -0.861. The van der Waals surface area contributed by atoms with Crippen molar-refractivity contribution in [1.29, 1.82) is 0 Å². The zero-order chi connectivity index (χ0) is 15.4. The molecule has 1 saturated heterocycles. The van der Waals surface area contributed by atoms with Gasteiger partial charge in [0.1, 0.15) is 0 Å². The Morgan fingerprint density at radius 3 is 2.62 bits per heavy atom. The summed E-state index contributed by atoms with van der Waals surface area (Å²) in [5, 5.41) is 12.0. The third-order valence-corrected chi connectivity index (χ3v) is 5.04. The number of carboxylic acid groups (broad SMARTS) is 1. The van der Waals surface area contributed by atoms with Gasteiger partial charge in [0.2, 0.25) is 0 Å². The number of anilines is 1. The summed E-state index contributed by atoms with van der Waals surface area (Å²) in [6.07, 6.45) is -0.00781. The summed E-state index contributed by atoms with van der Waals surface area (Å²) in [4.78, 5) is 24.8. The van der Waals surface area contributed by atoms with Gasteiger partial charge in [-0.25, -0.2) is 4.79 Å². The maximum Gasteiger partial charge on any atom is 0.322 e. The highest BCUT2D eigenvalue weighted by atomic mass is 32.2. The molecule has 1 aromatic rings. The number of hydrogen-bond acceptors (Lipinski definition) is 3. The molecule has 114 valence electrons. The zero-order valence-corrected chi connectivity index (χ0v) is 13.0. The maximum atomic E-state index is 12.3. The van der Waals surface area contributed by atoms with Gasteiger partial charge in [-0.05, 0) is 24.6 Å². The number of urea groups is 1. The predicted octanol–water partition coefficient (Wildman–Crippen LogP) is 2.67. The molecule has 2 rings (SSSR count). The molecule has 1 heterocycles. The first-order valence-electron chi connectivity index (χ1n) is 6.97. The van der Waals surface area contributed by atoms with Crippen molar-refractivity contribution in [2.24, 2.45) is 0 Å². The van der Waals surface area contributed by atoms with Gasteiger partial charge in [-0.15, -0.1) is 0 Å². The number of carbonyl (C=O) groups is 2. The number of nitrogens with zero attached hydrogens (tertiary/aromatic N) is 1. The van der Waals surface area contributed by atoms with Gasteiger partial charge in [-0.3, -0.25) is 4.79 Å². The minimum absolute atomic E-state index is 0.00781. The van der Waals surface area contributed by atoms with Crippen molar-refractivity contribution in [2.45, 2.75) is 31.6 Å². The number of amides is 2. The van der Waals surface area contributed by atoms with Crippen molar-refractivity contribution < 1.29 is 14.7 Å². The zero-order valence-electron chi connectivity index (χ0n) is 12.2. The van der Waals surface area contributed by atoms with E-state index in [9.17, 15) is 9.59 Å². The van der Waals surface area contributed by atoms with Gasteiger partial charge < -0.3 is 15.3 Å². The summed E-state index contributed by atoms with van der Waals surface area (Å²) in [5.74, 6) is 0.0941. The predicted molar refractivity (Wildman–Crippen MR) is 84.9 cm³/mol. The number of hydrogen-bond donors (Lipinski definition) is 2. The molecule has 21 heavy (non-hydrogen) atoms. The van der Waals surface area contributed by atoms with Crippen molar-refractivity contribution >= 4 is 29.4 Å². The fourth-order valence-corrected chi connectivity index (χ4v) is 3.39. The minimum Gasteiger partial charge on any atom is -0.481 e. The van der Waals surface area contributed by atoms with E-state index < -0.39 is 5.97 Å². The van der Waals surface area contributed by atoms with Crippen LogP contribution < -0.4 is 5.32 Å². The highest BCUT2D eigenvalue weighted by Crippen LogP contribution is 2.24. The molecule has 0 saturated carbocycles. The molecule has 2 N–H and O–H groups in total. The monoisotopic (exact) mass is 308 g/mol. The van der Waals surface area contributed by atoms with Gasteiger partial charge in [0.15, 0.2) is 0 Å². The number of aliphatic carboxylic acids is 1. The van der Waals surface area contributed by atoms with E-state index in [1.807, 2.05) is 16.7 Å². The number of nitrogens with one attached hydrogen (secondary N) is 1. The molecule has 2 unspecified atom stereocenters. The molecular weight excluding hydrogens is 288 g/mol. The van der Waals surface area contributed by atoms with Gasteiger partial charge in [0.05, 0.1) is 6.42 Å². The van der Waals surface area contributed by atoms with Crippen LogP contribution in [0.3, 0.4) is 0 Å². The summed E-state index contributed by atoms with van der Waals surface area (Å²) in [7, 11) is 0. The third-order valence-electron chi connectivity index (χ3n) is 3.71. The molecule has 2 amide bonds. The van der Waals surface area contributed by atoms with E-state index >= 15 is 0 Å². The molecule has 1 aromatic carbocycles. The van der Waals surface area contributed by atoms with Crippen LogP contribution >= 0.6 is 11.8 Å². The second-order valence-corrected chi connectivity index (χ2v) is 6.69. The van der Waals surface area contributed by atoms with Crippen molar-refractivity contribution in [3.8, 4) is 0 Å². The summed E-state index contributed by atoms with van der Waals surface area (Å²) < 4.78 is 0. The lowest BCUT2D eigenvalue weighted by Gasteiger charge is -2.37. The quantitative estimate of drug-likeness (QED) is 0.900. The SMILES string of the molecule is CC1SCCN(C(=O)Nc2ccc(CC(=O)O)cc2)C1C. The fourth-order valence-electron chi connectivity index (χ4n) is 2.30. The van der Waals surface area contributed by atoms with E-state index in [0.717, 1.165) is 17.9 Å². The van der Waals surface area contributed by atoms with Gasteiger partial charge in [-0.2, -0.15) is 11.8 Å². The lowest BCUT2D eigenvalue weighted by atomic mass is 10.1. The van der Waals surface area contributed by atoms with E-state index in [4.69, 9.17) is 5.11 Å². The maximum absolute atomic E-state index is 12.3. The fraction of sp³-hybridized carbons (Fsp3) is 0.467. The van der Waals surface area contributed by atoms with Crippen LogP contribution in [0.5, 0.6) is 0 Å². The second kappa shape index (κ2) is 6.85. The number of carboxylic acids is 1. The van der Waals surface area contributed by atoms with Gasteiger partial charge in [0, 0.05) is 29.3 Å². The van der Waals surface area contributed by atoms with Crippen molar-refractivity contribution in [3.63, 3.8) is 0 Å². The number of thioether (sulfide) groups is 1.